The van der Waals surface area contributed by atoms with Crippen molar-refractivity contribution in [3.8, 4) is 0 Å². The predicted octanol–water partition coefficient (Wildman–Crippen LogP) is 2.22. The molecule has 144 valence electrons. The van der Waals surface area contributed by atoms with E-state index >= 15 is 0 Å². The van der Waals surface area contributed by atoms with Crippen molar-refractivity contribution in [1.82, 2.24) is 14.2 Å². The second-order valence-electron chi connectivity index (χ2n) is 6.25. The van der Waals surface area contributed by atoms with Gasteiger partial charge in [0.1, 0.15) is 4.90 Å². The molecule has 0 saturated carbocycles. The lowest BCUT2D eigenvalue weighted by Crippen LogP contribution is -2.47. The number of rotatable bonds is 6. The van der Waals surface area contributed by atoms with Crippen molar-refractivity contribution in [3.63, 3.8) is 0 Å². The maximum atomic E-state index is 12.7. The Labute approximate surface area is 162 Å². The molecule has 8 nitrogen and oxygen atoms in total. The number of aromatic nitrogens is 1. The Morgan fingerprint density at radius 3 is 2.33 bits per heavy atom. The lowest BCUT2D eigenvalue weighted by atomic mass is 10.2. The molecule has 10 heteroatoms. The number of pyridine rings is 1. The molecular formula is C17H20N4O4S2. The molecule has 0 bridgehead atoms. The summed E-state index contributed by atoms with van der Waals surface area (Å²) in [7, 11) is -1.54. The van der Waals surface area contributed by atoms with Gasteiger partial charge < -0.3 is 4.90 Å². The third kappa shape index (κ3) is 4.83. The molecule has 0 amide bonds. The van der Waals surface area contributed by atoms with Gasteiger partial charge in [0.05, 0.1) is 9.95 Å². The van der Waals surface area contributed by atoms with Crippen LogP contribution in [-0.2, 0) is 15.8 Å². The Morgan fingerprint density at radius 2 is 1.78 bits per heavy atom. The summed E-state index contributed by atoms with van der Waals surface area (Å²) < 4.78 is 26.8. The number of thioether (sulfide) groups is 1. The second-order valence-corrected chi connectivity index (χ2v) is 9.19. The highest BCUT2D eigenvalue weighted by atomic mass is 32.2. The van der Waals surface area contributed by atoms with Crippen molar-refractivity contribution >= 4 is 27.5 Å². The standard InChI is InChI=1S/C17H20N4O4S2/c1-19-8-10-20(11-9-19)27(24,25)16-6-7-17(18-12-16)26-13-14-2-4-15(5-3-14)21(22)23/h2-7,12H,8-11,13H2,1H3. The van der Waals surface area contributed by atoms with Crippen LogP contribution in [0, 0.1) is 10.1 Å². The normalized spacial score (nSPS) is 16.3. The molecule has 1 fully saturated rings. The van der Waals surface area contributed by atoms with E-state index in [0.29, 0.717) is 23.9 Å². The Hall–Kier alpha value is -2.01. The molecular weight excluding hydrogens is 388 g/mol. The number of nitro groups is 1. The Balaban J connectivity index is 1.62. The van der Waals surface area contributed by atoms with Crippen LogP contribution in [0.25, 0.3) is 0 Å². The molecule has 0 unspecified atom stereocenters. The van der Waals surface area contributed by atoms with Gasteiger partial charge in [0.2, 0.25) is 10.0 Å². The summed E-state index contributed by atoms with van der Waals surface area (Å²) in [5.41, 5.74) is 0.988. The van der Waals surface area contributed by atoms with Crippen LogP contribution in [0.4, 0.5) is 5.69 Å². The number of benzene rings is 1. The van der Waals surface area contributed by atoms with Crippen molar-refractivity contribution in [2.75, 3.05) is 33.2 Å². The second kappa shape index (κ2) is 8.34. The molecule has 2 aromatic rings. The first-order valence-electron chi connectivity index (χ1n) is 8.37. The fourth-order valence-electron chi connectivity index (χ4n) is 2.65. The lowest BCUT2D eigenvalue weighted by Gasteiger charge is -2.31. The van der Waals surface area contributed by atoms with Crippen LogP contribution in [0.15, 0.2) is 52.5 Å². The van der Waals surface area contributed by atoms with E-state index < -0.39 is 14.9 Å². The van der Waals surface area contributed by atoms with Crippen LogP contribution in [0.2, 0.25) is 0 Å². The molecule has 1 aromatic carbocycles. The number of non-ortho nitro benzene ring substituents is 1. The molecule has 0 spiro atoms. The van der Waals surface area contributed by atoms with Crippen LogP contribution in [0.1, 0.15) is 5.56 Å². The van der Waals surface area contributed by atoms with Gasteiger partial charge in [0, 0.05) is 50.3 Å². The minimum Gasteiger partial charge on any atom is -0.304 e. The molecule has 2 heterocycles. The summed E-state index contributed by atoms with van der Waals surface area (Å²) in [6, 6.07) is 9.62. The third-order valence-electron chi connectivity index (χ3n) is 4.34. The van der Waals surface area contributed by atoms with Gasteiger partial charge >= 0.3 is 0 Å². The van der Waals surface area contributed by atoms with Gasteiger partial charge in [-0.3, -0.25) is 10.1 Å². The summed E-state index contributed by atoms with van der Waals surface area (Å²) in [4.78, 5) is 16.8. The van der Waals surface area contributed by atoms with Gasteiger partial charge in [-0.25, -0.2) is 13.4 Å². The molecule has 0 radical (unpaired) electrons. The van der Waals surface area contributed by atoms with Crippen molar-refractivity contribution in [3.05, 3.63) is 58.3 Å². The molecule has 27 heavy (non-hydrogen) atoms. The highest BCUT2D eigenvalue weighted by Gasteiger charge is 2.27. The van der Waals surface area contributed by atoms with E-state index in [1.54, 1.807) is 24.3 Å². The maximum absolute atomic E-state index is 12.7. The summed E-state index contributed by atoms with van der Waals surface area (Å²) in [5, 5.41) is 11.4. The third-order valence-corrected chi connectivity index (χ3v) is 7.24. The van der Waals surface area contributed by atoms with E-state index in [1.165, 1.54) is 34.4 Å². The number of hydrogen-bond donors (Lipinski definition) is 0. The Bertz CT molecular complexity index is 894. The molecule has 0 atom stereocenters. The van der Waals surface area contributed by atoms with E-state index in [1.807, 2.05) is 7.05 Å². The first kappa shape index (κ1) is 19.7. The summed E-state index contributed by atoms with van der Waals surface area (Å²) in [6.45, 7) is 2.40. The van der Waals surface area contributed by atoms with Crippen LogP contribution in [-0.4, -0.2) is 60.8 Å². The molecule has 1 aliphatic rings. The number of nitrogens with zero attached hydrogens (tertiary/aromatic N) is 4. The highest BCUT2D eigenvalue weighted by molar-refractivity contribution is 7.98. The minimum absolute atomic E-state index is 0.0559. The number of likely N-dealkylation sites (N-methyl/N-ethyl adjacent to an activating group) is 1. The number of hydrogen-bond acceptors (Lipinski definition) is 7. The zero-order valence-corrected chi connectivity index (χ0v) is 16.4. The molecule has 1 aromatic heterocycles. The first-order valence-corrected chi connectivity index (χ1v) is 10.8. The first-order chi connectivity index (χ1) is 12.9. The molecule has 0 aliphatic carbocycles. The van der Waals surface area contributed by atoms with Gasteiger partial charge in [0.15, 0.2) is 0 Å². The van der Waals surface area contributed by atoms with Crippen LogP contribution in [0.3, 0.4) is 0 Å². The van der Waals surface area contributed by atoms with Gasteiger partial charge in [-0.05, 0) is 24.7 Å². The SMILES string of the molecule is CN1CCN(S(=O)(=O)c2ccc(SCc3ccc([N+](=O)[O-])cc3)nc2)CC1. The van der Waals surface area contributed by atoms with Crippen molar-refractivity contribution in [2.24, 2.45) is 0 Å². The number of sulfonamides is 1. The van der Waals surface area contributed by atoms with Crippen molar-refractivity contribution < 1.29 is 13.3 Å². The van der Waals surface area contributed by atoms with Crippen molar-refractivity contribution in [1.29, 1.82) is 0 Å². The van der Waals surface area contributed by atoms with E-state index in [2.05, 4.69) is 9.88 Å². The highest BCUT2D eigenvalue weighted by Crippen LogP contribution is 2.24. The van der Waals surface area contributed by atoms with Crippen LogP contribution >= 0.6 is 11.8 Å². The topological polar surface area (TPSA) is 96.7 Å². The molecule has 1 aliphatic heterocycles. The molecule has 3 rings (SSSR count). The van der Waals surface area contributed by atoms with Gasteiger partial charge in [-0.15, -0.1) is 11.8 Å². The average Bonchev–Trinajstić information content (AvgIpc) is 2.67. The summed E-state index contributed by atoms with van der Waals surface area (Å²) in [6.07, 6.45) is 1.39. The van der Waals surface area contributed by atoms with Crippen LogP contribution < -0.4 is 0 Å². The van der Waals surface area contributed by atoms with Gasteiger partial charge in [-0.2, -0.15) is 4.31 Å². The maximum Gasteiger partial charge on any atom is 0.269 e. The smallest absolute Gasteiger partial charge is 0.269 e. The Kier molecular flexibility index (Phi) is 6.10. The number of nitro benzene ring substituents is 1. The Morgan fingerprint density at radius 1 is 1.11 bits per heavy atom. The van der Waals surface area contributed by atoms with E-state index in [9.17, 15) is 18.5 Å². The minimum atomic E-state index is -3.51. The molecule has 0 N–H and O–H groups in total. The van der Waals surface area contributed by atoms with Crippen LogP contribution in [0.5, 0.6) is 0 Å². The zero-order valence-electron chi connectivity index (χ0n) is 14.8. The summed E-state index contributed by atoms with van der Waals surface area (Å²) >= 11 is 1.45. The van der Waals surface area contributed by atoms with Gasteiger partial charge in [-0.1, -0.05) is 12.1 Å². The number of piperazine rings is 1. The largest absolute Gasteiger partial charge is 0.304 e. The quantitative estimate of drug-likeness (QED) is 0.411. The lowest BCUT2D eigenvalue weighted by molar-refractivity contribution is -0.384. The molecule has 1 saturated heterocycles. The summed E-state index contributed by atoms with van der Waals surface area (Å²) in [5.74, 6) is 0.593. The van der Waals surface area contributed by atoms with E-state index in [4.69, 9.17) is 0 Å². The van der Waals surface area contributed by atoms with E-state index in [0.717, 1.165) is 18.7 Å². The van der Waals surface area contributed by atoms with Crippen molar-refractivity contribution in [2.45, 2.75) is 15.7 Å². The predicted molar refractivity (Wildman–Crippen MR) is 103 cm³/mol. The fraction of sp³-hybridized carbons (Fsp3) is 0.353. The monoisotopic (exact) mass is 408 g/mol. The zero-order chi connectivity index (χ0) is 19.4. The van der Waals surface area contributed by atoms with Gasteiger partial charge in [0.25, 0.3) is 5.69 Å². The average molecular weight is 409 g/mol. The fourth-order valence-corrected chi connectivity index (χ4v) is 4.82. The van der Waals surface area contributed by atoms with E-state index in [-0.39, 0.29) is 10.6 Å².